The largest absolute Gasteiger partial charge is 0.392 e. The first-order valence-corrected chi connectivity index (χ1v) is 12.0. The van der Waals surface area contributed by atoms with E-state index in [2.05, 4.69) is 68.8 Å². The van der Waals surface area contributed by atoms with Gasteiger partial charge in [-0.3, -0.25) is 4.72 Å². The van der Waals surface area contributed by atoms with Gasteiger partial charge in [-0.05, 0) is 85.1 Å². The first-order chi connectivity index (χ1) is 13.9. The van der Waals surface area contributed by atoms with Crippen LogP contribution in [-0.4, -0.2) is 17.8 Å². The minimum Gasteiger partial charge on any atom is -0.392 e. The van der Waals surface area contributed by atoms with E-state index in [-0.39, 0.29) is 6.10 Å². The quantitative estimate of drug-likeness (QED) is 0.554. The van der Waals surface area contributed by atoms with Gasteiger partial charge in [0.25, 0.3) is 0 Å². The van der Waals surface area contributed by atoms with Crippen LogP contribution < -0.4 is 4.72 Å². The Morgan fingerprint density at radius 3 is 2.76 bits per heavy atom. The maximum atomic E-state index is 11.1. The number of fused-ring (bicyclic) bond motifs is 3. The molecule has 0 aromatic heterocycles. The van der Waals surface area contributed by atoms with E-state index >= 15 is 0 Å². The van der Waals surface area contributed by atoms with Crippen LogP contribution in [0, 0.1) is 24.2 Å². The second-order valence-electron chi connectivity index (χ2n) is 9.67. The molecule has 3 heteroatoms. The molecule has 0 amide bonds. The summed E-state index contributed by atoms with van der Waals surface area (Å²) < 4.78 is 3.52. The zero-order valence-electron chi connectivity index (χ0n) is 18.3. The van der Waals surface area contributed by atoms with Crippen molar-refractivity contribution in [3.63, 3.8) is 0 Å². The van der Waals surface area contributed by atoms with E-state index < -0.39 is 0 Å². The first kappa shape index (κ1) is 21.0. The molecule has 4 rings (SSSR count). The van der Waals surface area contributed by atoms with Crippen LogP contribution in [-0.2, 0) is 0 Å². The van der Waals surface area contributed by atoms with Crippen molar-refractivity contribution >= 4 is 11.9 Å². The van der Waals surface area contributed by atoms with Crippen molar-refractivity contribution in [2.75, 3.05) is 6.54 Å². The van der Waals surface area contributed by atoms with E-state index in [4.69, 9.17) is 0 Å². The van der Waals surface area contributed by atoms with Crippen LogP contribution in [0.3, 0.4) is 0 Å². The number of benzene rings is 1. The lowest BCUT2D eigenvalue weighted by atomic mass is 9.64. The standard InChI is InChI=1S/C26H35NOS/c1-17(2)20-11-13-26(4)14-12-21-22(25(20)26)10-9-19(15-23(21)28)16-27-29-24-8-6-5-7-18(24)3/h5-10,17,21,23,27-28H,11-16H2,1-4H3. The number of aliphatic hydroxyl groups excluding tert-OH is 1. The maximum absolute atomic E-state index is 11.1. The molecule has 3 atom stereocenters. The van der Waals surface area contributed by atoms with Gasteiger partial charge in [0.05, 0.1) is 6.10 Å². The average Bonchev–Trinajstić information content (AvgIpc) is 2.96. The van der Waals surface area contributed by atoms with Crippen LogP contribution in [0.15, 0.2) is 63.6 Å². The van der Waals surface area contributed by atoms with Gasteiger partial charge in [-0.1, -0.05) is 62.3 Å². The van der Waals surface area contributed by atoms with Crippen molar-refractivity contribution in [1.82, 2.24) is 4.72 Å². The second kappa shape index (κ2) is 8.45. The zero-order chi connectivity index (χ0) is 20.6. The molecule has 1 saturated carbocycles. The third kappa shape index (κ3) is 4.15. The maximum Gasteiger partial charge on any atom is 0.0646 e. The van der Waals surface area contributed by atoms with Gasteiger partial charge in [0.15, 0.2) is 0 Å². The van der Waals surface area contributed by atoms with Crippen LogP contribution in [0.1, 0.15) is 58.4 Å². The van der Waals surface area contributed by atoms with Gasteiger partial charge in [-0.25, -0.2) is 0 Å². The molecule has 2 N–H and O–H groups in total. The predicted molar refractivity (Wildman–Crippen MR) is 124 cm³/mol. The summed E-state index contributed by atoms with van der Waals surface area (Å²) in [7, 11) is 0. The van der Waals surface area contributed by atoms with E-state index in [1.165, 1.54) is 40.9 Å². The topological polar surface area (TPSA) is 32.3 Å². The van der Waals surface area contributed by atoms with Crippen molar-refractivity contribution in [3.8, 4) is 0 Å². The monoisotopic (exact) mass is 409 g/mol. The zero-order valence-corrected chi connectivity index (χ0v) is 19.1. The number of rotatable bonds is 5. The highest BCUT2D eigenvalue weighted by molar-refractivity contribution is 7.97. The Kier molecular flexibility index (Phi) is 6.11. The van der Waals surface area contributed by atoms with Crippen molar-refractivity contribution < 1.29 is 5.11 Å². The lowest BCUT2D eigenvalue weighted by Crippen LogP contribution is -2.33. The van der Waals surface area contributed by atoms with Crippen molar-refractivity contribution in [2.24, 2.45) is 17.3 Å². The minimum absolute atomic E-state index is 0.272. The smallest absolute Gasteiger partial charge is 0.0646 e. The van der Waals surface area contributed by atoms with Crippen LogP contribution in [0.25, 0.3) is 0 Å². The summed E-state index contributed by atoms with van der Waals surface area (Å²) >= 11 is 1.69. The third-order valence-corrected chi connectivity index (χ3v) is 8.24. The van der Waals surface area contributed by atoms with Crippen LogP contribution in [0.2, 0.25) is 0 Å². The fourth-order valence-corrected chi connectivity index (χ4v) is 6.31. The molecule has 0 saturated heterocycles. The highest BCUT2D eigenvalue weighted by atomic mass is 32.2. The Morgan fingerprint density at radius 2 is 2.00 bits per heavy atom. The molecule has 3 aliphatic carbocycles. The minimum atomic E-state index is -0.272. The van der Waals surface area contributed by atoms with Gasteiger partial charge < -0.3 is 5.11 Å². The number of aryl methyl sites for hydroxylation is 1. The predicted octanol–water partition coefficient (Wildman–Crippen LogP) is 6.37. The fraction of sp³-hybridized carbons (Fsp3) is 0.538. The van der Waals surface area contributed by atoms with Crippen LogP contribution in [0.5, 0.6) is 0 Å². The average molecular weight is 410 g/mol. The molecule has 3 aliphatic rings. The summed E-state index contributed by atoms with van der Waals surface area (Å²) in [6.07, 6.45) is 9.99. The van der Waals surface area contributed by atoms with Gasteiger partial charge in [-0.15, -0.1) is 0 Å². The summed E-state index contributed by atoms with van der Waals surface area (Å²) in [5, 5.41) is 11.1. The van der Waals surface area contributed by atoms with E-state index in [0.717, 1.165) is 19.4 Å². The molecule has 0 heterocycles. The molecule has 0 spiro atoms. The van der Waals surface area contributed by atoms with Gasteiger partial charge in [0.2, 0.25) is 0 Å². The fourth-order valence-electron chi connectivity index (χ4n) is 5.53. The Bertz CT molecular complexity index is 865. The summed E-state index contributed by atoms with van der Waals surface area (Å²) in [6, 6.07) is 8.46. The Morgan fingerprint density at radius 1 is 1.21 bits per heavy atom. The van der Waals surface area contributed by atoms with Crippen LogP contribution >= 0.6 is 11.9 Å². The lowest BCUT2D eigenvalue weighted by Gasteiger charge is -2.41. The molecule has 0 aliphatic heterocycles. The molecular formula is C26H35NOS. The summed E-state index contributed by atoms with van der Waals surface area (Å²) in [5.41, 5.74) is 7.59. The molecule has 156 valence electrons. The van der Waals surface area contributed by atoms with Gasteiger partial charge in [0.1, 0.15) is 0 Å². The molecule has 1 aromatic carbocycles. The molecule has 0 bridgehead atoms. The number of hydrogen-bond donors (Lipinski definition) is 2. The van der Waals surface area contributed by atoms with E-state index in [9.17, 15) is 5.11 Å². The third-order valence-electron chi connectivity index (χ3n) is 7.27. The van der Waals surface area contributed by atoms with Gasteiger partial charge >= 0.3 is 0 Å². The summed E-state index contributed by atoms with van der Waals surface area (Å²) in [6.45, 7) is 10.1. The highest BCUT2D eigenvalue weighted by Crippen LogP contribution is 2.57. The SMILES string of the molecule is Cc1ccccc1SNCC1=CC=C2C3=C(C(C)C)CCC3(C)CCC2C(O)C1. The first-order valence-electron chi connectivity index (χ1n) is 11.2. The molecule has 29 heavy (non-hydrogen) atoms. The summed E-state index contributed by atoms with van der Waals surface area (Å²) in [4.78, 5) is 1.27. The number of aliphatic hydroxyl groups is 1. The van der Waals surface area contributed by atoms with Crippen LogP contribution in [0.4, 0.5) is 0 Å². The number of nitrogens with one attached hydrogen (secondary N) is 1. The van der Waals surface area contributed by atoms with Crippen molar-refractivity contribution in [2.45, 2.75) is 70.8 Å². The van der Waals surface area contributed by atoms with Crippen molar-refractivity contribution in [1.29, 1.82) is 0 Å². The molecule has 1 aromatic rings. The molecule has 1 fully saturated rings. The number of allylic oxidation sites excluding steroid dienone is 4. The Labute approximate surface area is 180 Å². The van der Waals surface area contributed by atoms with E-state index in [0.29, 0.717) is 17.3 Å². The Balaban J connectivity index is 1.54. The molecular weight excluding hydrogens is 374 g/mol. The van der Waals surface area contributed by atoms with Gasteiger partial charge in [-0.2, -0.15) is 0 Å². The Hall–Kier alpha value is -1.29. The normalized spacial score (nSPS) is 29.3. The molecule has 2 nitrogen and oxygen atoms in total. The summed E-state index contributed by atoms with van der Waals surface area (Å²) in [5.74, 6) is 0.894. The lowest BCUT2D eigenvalue weighted by molar-refractivity contribution is 0.104. The van der Waals surface area contributed by atoms with E-state index in [1.807, 2.05) is 0 Å². The molecule has 0 radical (unpaired) electrons. The van der Waals surface area contributed by atoms with E-state index in [1.54, 1.807) is 23.1 Å². The molecule has 3 unspecified atom stereocenters. The van der Waals surface area contributed by atoms with Gasteiger partial charge in [0, 0.05) is 17.4 Å². The number of hydrogen-bond acceptors (Lipinski definition) is 3. The highest BCUT2D eigenvalue weighted by Gasteiger charge is 2.45. The second-order valence-corrected chi connectivity index (χ2v) is 10.6. The van der Waals surface area contributed by atoms with Crippen molar-refractivity contribution in [3.05, 3.63) is 64.3 Å².